The van der Waals surface area contributed by atoms with Gasteiger partial charge in [-0.25, -0.2) is 4.99 Å². The summed E-state index contributed by atoms with van der Waals surface area (Å²) < 4.78 is 5.99. The van der Waals surface area contributed by atoms with Crippen LogP contribution in [-0.4, -0.2) is 55.1 Å². The molecule has 0 aliphatic carbocycles. The molecule has 1 aliphatic heterocycles. The fourth-order valence-electron chi connectivity index (χ4n) is 3.00. The predicted molar refractivity (Wildman–Crippen MR) is 106 cm³/mol. The van der Waals surface area contributed by atoms with Gasteiger partial charge in [0.05, 0.1) is 6.54 Å². The molecule has 0 radical (unpaired) electrons. The highest BCUT2D eigenvalue weighted by atomic mass is 16.5. The Labute approximate surface area is 157 Å². The second kappa shape index (κ2) is 10.0. The molecule has 0 spiro atoms. The van der Waals surface area contributed by atoms with Gasteiger partial charge in [-0.3, -0.25) is 4.79 Å². The standard InChI is InChI=1S/C20H32N4O2/c1-5-19(25)24-12-11-17(14-24)23-20(21-6-2)22-13-16(4)26-18-10-8-7-9-15(18)3/h7-10,16-17H,5-6,11-14H2,1-4H3,(H2,21,22,23). The maximum atomic E-state index is 11.8. The third kappa shape index (κ3) is 5.93. The Morgan fingerprint density at radius 1 is 1.38 bits per heavy atom. The number of aryl methyl sites for hydroxylation is 1. The summed E-state index contributed by atoms with van der Waals surface area (Å²) in [5.41, 5.74) is 1.12. The van der Waals surface area contributed by atoms with E-state index in [0.717, 1.165) is 43.3 Å². The van der Waals surface area contributed by atoms with Crippen LogP contribution >= 0.6 is 0 Å². The lowest BCUT2D eigenvalue weighted by molar-refractivity contribution is -0.129. The number of likely N-dealkylation sites (tertiary alicyclic amines) is 1. The van der Waals surface area contributed by atoms with Crippen LogP contribution in [0.5, 0.6) is 5.75 Å². The summed E-state index contributed by atoms with van der Waals surface area (Å²) in [7, 11) is 0. The number of hydrogen-bond acceptors (Lipinski definition) is 3. The van der Waals surface area contributed by atoms with E-state index in [-0.39, 0.29) is 18.1 Å². The molecule has 6 heteroatoms. The van der Waals surface area contributed by atoms with Crippen molar-refractivity contribution in [1.29, 1.82) is 0 Å². The van der Waals surface area contributed by atoms with Crippen molar-refractivity contribution < 1.29 is 9.53 Å². The fourth-order valence-corrected chi connectivity index (χ4v) is 3.00. The molecule has 1 fully saturated rings. The van der Waals surface area contributed by atoms with E-state index in [1.807, 2.05) is 56.9 Å². The van der Waals surface area contributed by atoms with E-state index in [1.54, 1.807) is 0 Å². The van der Waals surface area contributed by atoms with Gasteiger partial charge in [-0.15, -0.1) is 0 Å². The summed E-state index contributed by atoms with van der Waals surface area (Å²) in [4.78, 5) is 18.4. The number of rotatable bonds is 7. The van der Waals surface area contributed by atoms with Crippen molar-refractivity contribution in [3.05, 3.63) is 29.8 Å². The van der Waals surface area contributed by atoms with Gasteiger partial charge in [0.2, 0.25) is 5.91 Å². The first-order chi connectivity index (χ1) is 12.5. The SMILES string of the molecule is CCNC(=NCC(C)Oc1ccccc1C)NC1CCN(C(=O)CC)C1. The molecule has 1 aliphatic rings. The Bertz CT molecular complexity index is 618. The molecule has 1 aromatic rings. The summed E-state index contributed by atoms with van der Waals surface area (Å²) in [6, 6.07) is 8.26. The average Bonchev–Trinajstić information content (AvgIpc) is 3.10. The Balaban J connectivity index is 1.88. The van der Waals surface area contributed by atoms with Gasteiger partial charge in [0.1, 0.15) is 11.9 Å². The third-order valence-electron chi connectivity index (χ3n) is 4.46. The molecule has 26 heavy (non-hydrogen) atoms. The molecular weight excluding hydrogens is 328 g/mol. The van der Waals surface area contributed by atoms with Gasteiger partial charge >= 0.3 is 0 Å². The highest BCUT2D eigenvalue weighted by molar-refractivity contribution is 5.80. The molecule has 144 valence electrons. The predicted octanol–water partition coefficient (Wildman–Crippen LogP) is 2.33. The molecule has 6 nitrogen and oxygen atoms in total. The van der Waals surface area contributed by atoms with Crippen LogP contribution in [0.3, 0.4) is 0 Å². The number of carbonyl (C=O) groups excluding carboxylic acids is 1. The Morgan fingerprint density at radius 2 is 2.15 bits per heavy atom. The van der Waals surface area contributed by atoms with Crippen molar-refractivity contribution in [2.45, 2.75) is 52.7 Å². The number of amides is 1. The molecule has 1 aromatic carbocycles. The first-order valence-electron chi connectivity index (χ1n) is 9.58. The number of nitrogens with zero attached hydrogens (tertiary/aromatic N) is 2. The minimum atomic E-state index is -0.0201. The van der Waals surface area contributed by atoms with Gasteiger partial charge in [0.15, 0.2) is 5.96 Å². The minimum absolute atomic E-state index is 0.0201. The molecule has 0 aromatic heterocycles. The zero-order valence-corrected chi connectivity index (χ0v) is 16.4. The Kier molecular flexibility index (Phi) is 7.75. The lowest BCUT2D eigenvalue weighted by Gasteiger charge is -2.19. The molecule has 0 saturated carbocycles. The Hall–Kier alpha value is -2.24. The van der Waals surface area contributed by atoms with Crippen LogP contribution in [0.2, 0.25) is 0 Å². The quantitative estimate of drug-likeness (QED) is 0.579. The molecule has 1 heterocycles. The molecule has 2 rings (SSSR count). The number of para-hydroxylation sites is 1. The average molecular weight is 361 g/mol. The molecule has 1 amide bonds. The van der Waals surface area contributed by atoms with Crippen LogP contribution in [0.4, 0.5) is 0 Å². The zero-order chi connectivity index (χ0) is 18.9. The van der Waals surface area contributed by atoms with Crippen LogP contribution in [0.1, 0.15) is 39.2 Å². The van der Waals surface area contributed by atoms with Gasteiger partial charge in [0.25, 0.3) is 0 Å². The summed E-state index contributed by atoms with van der Waals surface area (Å²) in [5.74, 6) is 1.90. The molecule has 1 saturated heterocycles. The van der Waals surface area contributed by atoms with E-state index in [2.05, 4.69) is 15.6 Å². The van der Waals surface area contributed by atoms with E-state index in [4.69, 9.17) is 4.74 Å². The van der Waals surface area contributed by atoms with Gasteiger partial charge < -0.3 is 20.3 Å². The number of benzene rings is 1. The van der Waals surface area contributed by atoms with Gasteiger partial charge in [-0.05, 0) is 38.8 Å². The number of nitrogens with one attached hydrogen (secondary N) is 2. The summed E-state index contributed by atoms with van der Waals surface area (Å²) in [6.45, 7) is 10.9. The maximum Gasteiger partial charge on any atom is 0.222 e. The summed E-state index contributed by atoms with van der Waals surface area (Å²) >= 11 is 0. The summed E-state index contributed by atoms with van der Waals surface area (Å²) in [5, 5.41) is 6.72. The highest BCUT2D eigenvalue weighted by Crippen LogP contribution is 2.17. The van der Waals surface area contributed by atoms with Crippen molar-refractivity contribution in [2.75, 3.05) is 26.2 Å². The first kappa shape index (κ1) is 20.1. The number of aliphatic imine (C=N–C) groups is 1. The van der Waals surface area contributed by atoms with E-state index < -0.39 is 0 Å². The van der Waals surface area contributed by atoms with Crippen molar-refractivity contribution in [3.8, 4) is 5.75 Å². The molecule has 0 bridgehead atoms. The zero-order valence-electron chi connectivity index (χ0n) is 16.4. The van der Waals surface area contributed by atoms with E-state index in [1.165, 1.54) is 0 Å². The first-order valence-corrected chi connectivity index (χ1v) is 9.58. The second-order valence-electron chi connectivity index (χ2n) is 6.74. The number of guanidine groups is 1. The summed E-state index contributed by atoms with van der Waals surface area (Å²) in [6.07, 6.45) is 1.49. The molecule has 2 unspecified atom stereocenters. The fraction of sp³-hybridized carbons (Fsp3) is 0.600. The number of hydrogen-bond donors (Lipinski definition) is 2. The monoisotopic (exact) mass is 360 g/mol. The van der Waals surface area contributed by atoms with E-state index >= 15 is 0 Å². The lowest BCUT2D eigenvalue weighted by Crippen LogP contribution is -2.45. The highest BCUT2D eigenvalue weighted by Gasteiger charge is 2.25. The molecule has 2 atom stereocenters. The lowest BCUT2D eigenvalue weighted by atomic mass is 10.2. The van der Waals surface area contributed by atoms with Gasteiger partial charge in [0, 0.05) is 32.1 Å². The smallest absolute Gasteiger partial charge is 0.222 e. The van der Waals surface area contributed by atoms with Gasteiger partial charge in [-0.1, -0.05) is 25.1 Å². The van der Waals surface area contributed by atoms with Gasteiger partial charge in [-0.2, -0.15) is 0 Å². The topological polar surface area (TPSA) is 66.0 Å². The van der Waals surface area contributed by atoms with Crippen molar-refractivity contribution in [2.24, 2.45) is 4.99 Å². The largest absolute Gasteiger partial charge is 0.489 e. The molecule has 2 N–H and O–H groups in total. The number of carbonyl (C=O) groups is 1. The number of ether oxygens (including phenoxy) is 1. The Morgan fingerprint density at radius 3 is 2.85 bits per heavy atom. The van der Waals surface area contributed by atoms with Crippen molar-refractivity contribution >= 4 is 11.9 Å². The normalized spacial score (nSPS) is 18.5. The van der Waals surface area contributed by atoms with E-state index in [9.17, 15) is 4.79 Å². The van der Waals surface area contributed by atoms with Crippen LogP contribution in [-0.2, 0) is 4.79 Å². The van der Waals surface area contributed by atoms with E-state index in [0.29, 0.717) is 13.0 Å². The van der Waals surface area contributed by atoms with Crippen LogP contribution in [0.25, 0.3) is 0 Å². The van der Waals surface area contributed by atoms with Crippen molar-refractivity contribution in [1.82, 2.24) is 15.5 Å². The van der Waals surface area contributed by atoms with Crippen LogP contribution < -0.4 is 15.4 Å². The maximum absolute atomic E-state index is 11.8. The molecular formula is C20H32N4O2. The minimum Gasteiger partial charge on any atom is -0.489 e. The van der Waals surface area contributed by atoms with Crippen molar-refractivity contribution in [3.63, 3.8) is 0 Å². The second-order valence-corrected chi connectivity index (χ2v) is 6.74. The third-order valence-corrected chi connectivity index (χ3v) is 4.46. The van der Waals surface area contributed by atoms with Crippen LogP contribution in [0.15, 0.2) is 29.3 Å². The van der Waals surface area contributed by atoms with Crippen LogP contribution in [0, 0.1) is 6.92 Å².